The molecule has 0 aliphatic carbocycles. The SMILES string of the molecule is CC(=O)OC[C@@H]1[C@@H](OC(C)=O)[C@@H](OC(C)=O)[C@@H](Sc2ccc(Cl)cc2)O[C@H]1COC(C)=O. The van der Waals surface area contributed by atoms with Gasteiger partial charge in [0.25, 0.3) is 0 Å². The molecule has 1 aromatic carbocycles. The standard InChI is InChI=1S/C21H25ClO9S/c1-11(23)27-9-17-18(10-28-12(2)24)31-21(32-16-7-5-15(22)6-8-16)20(30-14(4)26)19(17)29-13(3)25/h5-8,17-21H,9-10H2,1-4H3/t17-,18-,19+,20+,21+/m0/s1. The molecule has 1 aliphatic heterocycles. The number of carbonyl (C=O) groups excluding carboxylic acids is 4. The van der Waals surface area contributed by atoms with Crippen LogP contribution >= 0.6 is 23.4 Å². The Bertz CT molecular complexity index is 829. The Hall–Kier alpha value is -2.30. The van der Waals surface area contributed by atoms with Crippen LogP contribution in [0.3, 0.4) is 0 Å². The van der Waals surface area contributed by atoms with Crippen molar-refractivity contribution in [2.75, 3.05) is 13.2 Å². The van der Waals surface area contributed by atoms with Crippen LogP contribution < -0.4 is 0 Å². The van der Waals surface area contributed by atoms with Gasteiger partial charge in [-0.05, 0) is 24.3 Å². The highest BCUT2D eigenvalue weighted by Crippen LogP contribution is 2.39. The number of thioether (sulfide) groups is 1. The Morgan fingerprint density at radius 3 is 1.91 bits per heavy atom. The molecule has 1 aliphatic rings. The zero-order valence-electron chi connectivity index (χ0n) is 18.1. The fourth-order valence-electron chi connectivity index (χ4n) is 3.14. The second kappa shape index (κ2) is 12.1. The highest BCUT2D eigenvalue weighted by atomic mass is 35.5. The Balaban J connectivity index is 2.41. The van der Waals surface area contributed by atoms with E-state index in [1.165, 1.54) is 39.5 Å². The summed E-state index contributed by atoms with van der Waals surface area (Å²) < 4.78 is 27.4. The van der Waals surface area contributed by atoms with Gasteiger partial charge in [0.2, 0.25) is 0 Å². The molecule has 0 amide bonds. The number of halogens is 1. The Morgan fingerprint density at radius 2 is 1.38 bits per heavy atom. The minimum atomic E-state index is -1.02. The topological polar surface area (TPSA) is 114 Å². The summed E-state index contributed by atoms with van der Waals surface area (Å²) in [5.41, 5.74) is -0.821. The van der Waals surface area contributed by atoms with Crippen LogP contribution in [0.1, 0.15) is 27.7 Å². The lowest BCUT2D eigenvalue weighted by atomic mass is 9.90. The molecule has 2 rings (SSSR count). The average molecular weight is 489 g/mol. The van der Waals surface area contributed by atoms with E-state index in [9.17, 15) is 19.2 Å². The van der Waals surface area contributed by atoms with E-state index >= 15 is 0 Å². The van der Waals surface area contributed by atoms with E-state index in [1.807, 2.05) is 0 Å². The highest BCUT2D eigenvalue weighted by Gasteiger charge is 2.51. The molecule has 0 N–H and O–H groups in total. The van der Waals surface area contributed by atoms with E-state index in [0.29, 0.717) is 5.02 Å². The van der Waals surface area contributed by atoms with Crippen LogP contribution in [-0.4, -0.2) is 60.8 Å². The van der Waals surface area contributed by atoms with Gasteiger partial charge in [-0.2, -0.15) is 0 Å². The third-order valence-corrected chi connectivity index (χ3v) is 5.81. The summed E-state index contributed by atoms with van der Waals surface area (Å²) in [4.78, 5) is 47.3. The van der Waals surface area contributed by atoms with E-state index in [-0.39, 0.29) is 13.2 Å². The molecule has 0 spiro atoms. The first-order valence-corrected chi connectivity index (χ1v) is 11.0. The lowest BCUT2D eigenvalue weighted by molar-refractivity contribution is -0.221. The second-order valence-electron chi connectivity index (χ2n) is 7.03. The van der Waals surface area contributed by atoms with Crippen LogP contribution in [0.25, 0.3) is 0 Å². The van der Waals surface area contributed by atoms with Gasteiger partial charge in [-0.3, -0.25) is 19.2 Å². The summed E-state index contributed by atoms with van der Waals surface area (Å²) in [6.07, 6.45) is -2.85. The molecule has 5 atom stereocenters. The van der Waals surface area contributed by atoms with Crippen LogP contribution in [0.2, 0.25) is 5.02 Å². The summed E-state index contributed by atoms with van der Waals surface area (Å²) in [5.74, 6) is -3.08. The Kier molecular flexibility index (Phi) is 9.80. The fraction of sp³-hybridized carbons (Fsp3) is 0.524. The molecular weight excluding hydrogens is 464 g/mol. The van der Waals surface area contributed by atoms with E-state index in [1.54, 1.807) is 24.3 Å². The van der Waals surface area contributed by atoms with Crippen molar-refractivity contribution in [3.8, 4) is 0 Å². The van der Waals surface area contributed by atoms with Gasteiger partial charge in [0.05, 0.1) is 5.92 Å². The minimum absolute atomic E-state index is 0.177. The summed E-state index contributed by atoms with van der Waals surface area (Å²) in [5, 5.41) is 0.544. The molecule has 0 aromatic heterocycles. The molecular formula is C21H25ClO9S. The normalized spacial score (nSPS) is 24.8. The lowest BCUT2D eigenvalue weighted by Crippen LogP contribution is -2.58. The second-order valence-corrected chi connectivity index (χ2v) is 8.64. The van der Waals surface area contributed by atoms with Gasteiger partial charge < -0.3 is 23.7 Å². The molecule has 0 radical (unpaired) electrons. The molecule has 1 heterocycles. The smallest absolute Gasteiger partial charge is 0.303 e. The van der Waals surface area contributed by atoms with Crippen molar-refractivity contribution in [3.63, 3.8) is 0 Å². The van der Waals surface area contributed by atoms with Crippen LogP contribution in [-0.2, 0) is 42.9 Å². The van der Waals surface area contributed by atoms with Crippen molar-refractivity contribution in [1.29, 1.82) is 0 Å². The first-order chi connectivity index (χ1) is 15.1. The molecule has 0 unspecified atom stereocenters. The summed E-state index contributed by atoms with van der Waals surface area (Å²) >= 11 is 7.17. The predicted molar refractivity (Wildman–Crippen MR) is 114 cm³/mol. The van der Waals surface area contributed by atoms with Gasteiger partial charge in [-0.1, -0.05) is 23.4 Å². The molecule has 0 saturated carbocycles. The van der Waals surface area contributed by atoms with E-state index in [0.717, 1.165) is 4.90 Å². The quantitative estimate of drug-likeness (QED) is 0.399. The third-order valence-electron chi connectivity index (χ3n) is 4.40. The zero-order valence-corrected chi connectivity index (χ0v) is 19.6. The molecule has 11 heteroatoms. The van der Waals surface area contributed by atoms with Gasteiger partial charge in [0, 0.05) is 37.6 Å². The van der Waals surface area contributed by atoms with Gasteiger partial charge in [0.1, 0.15) is 24.8 Å². The first-order valence-electron chi connectivity index (χ1n) is 9.75. The number of hydrogen-bond acceptors (Lipinski definition) is 10. The van der Waals surface area contributed by atoms with Crippen molar-refractivity contribution >= 4 is 47.2 Å². The Labute approximate surface area is 195 Å². The zero-order chi connectivity index (χ0) is 23.8. The average Bonchev–Trinajstić information content (AvgIpc) is 2.69. The minimum Gasteiger partial charge on any atom is -0.465 e. The summed E-state index contributed by atoms with van der Waals surface area (Å²) in [6, 6.07) is 6.90. The van der Waals surface area contributed by atoms with Crippen LogP contribution in [0.15, 0.2) is 29.2 Å². The van der Waals surface area contributed by atoms with Crippen molar-refractivity contribution in [3.05, 3.63) is 29.3 Å². The number of hydrogen-bond donors (Lipinski definition) is 0. The maximum absolute atomic E-state index is 11.9. The van der Waals surface area contributed by atoms with E-state index in [2.05, 4.69) is 0 Å². The van der Waals surface area contributed by atoms with Crippen molar-refractivity contribution in [2.24, 2.45) is 5.92 Å². The number of benzene rings is 1. The lowest BCUT2D eigenvalue weighted by Gasteiger charge is -2.44. The maximum atomic E-state index is 11.9. The van der Waals surface area contributed by atoms with E-state index < -0.39 is 53.5 Å². The number of carbonyl (C=O) groups is 4. The van der Waals surface area contributed by atoms with Gasteiger partial charge in [-0.25, -0.2) is 0 Å². The van der Waals surface area contributed by atoms with Crippen LogP contribution in [0.5, 0.6) is 0 Å². The highest BCUT2D eigenvalue weighted by molar-refractivity contribution is 7.99. The maximum Gasteiger partial charge on any atom is 0.303 e. The third kappa shape index (κ3) is 7.99. The van der Waals surface area contributed by atoms with Gasteiger partial charge >= 0.3 is 23.9 Å². The van der Waals surface area contributed by atoms with Crippen LogP contribution in [0.4, 0.5) is 0 Å². The largest absolute Gasteiger partial charge is 0.465 e. The number of esters is 4. The first kappa shape index (κ1) is 26.0. The van der Waals surface area contributed by atoms with Crippen molar-refractivity contribution < 1.29 is 42.9 Å². The predicted octanol–water partition coefficient (Wildman–Crippen LogP) is 2.76. The molecule has 176 valence electrons. The van der Waals surface area contributed by atoms with Gasteiger partial charge in [0.15, 0.2) is 12.2 Å². The van der Waals surface area contributed by atoms with E-state index in [4.69, 9.17) is 35.3 Å². The summed E-state index contributed by atoms with van der Waals surface area (Å²) in [7, 11) is 0. The molecule has 9 nitrogen and oxygen atoms in total. The van der Waals surface area contributed by atoms with Gasteiger partial charge in [-0.15, -0.1) is 0 Å². The molecule has 1 fully saturated rings. The van der Waals surface area contributed by atoms with Crippen molar-refractivity contribution in [2.45, 2.75) is 56.3 Å². The monoisotopic (exact) mass is 488 g/mol. The fourth-order valence-corrected chi connectivity index (χ4v) is 4.37. The molecule has 32 heavy (non-hydrogen) atoms. The van der Waals surface area contributed by atoms with Crippen LogP contribution in [0, 0.1) is 5.92 Å². The number of rotatable bonds is 8. The molecule has 1 saturated heterocycles. The molecule has 1 aromatic rings. The number of ether oxygens (including phenoxy) is 5. The molecule has 0 bridgehead atoms. The Morgan fingerprint density at radius 1 is 0.844 bits per heavy atom. The van der Waals surface area contributed by atoms with Crippen molar-refractivity contribution in [1.82, 2.24) is 0 Å². The summed E-state index contributed by atoms with van der Waals surface area (Å²) in [6.45, 7) is 4.54.